The summed E-state index contributed by atoms with van der Waals surface area (Å²) in [7, 11) is 0. The van der Waals surface area contributed by atoms with E-state index in [-0.39, 0.29) is 0 Å². The highest BCUT2D eigenvalue weighted by Crippen LogP contribution is 2.14. The Hall–Kier alpha value is -0.520. The molecule has 0 rings (SSSR count). The van der Waals surface area contributed by atoms with Crippen LogP contribution in [0, 0.1) is 5.92 Å². The molecule has 0 bridgehead atoms. The van der Waals surface area contributed by atoms with Crippen LogP contribution >= 0.6 is 0 Å². The molecule has 0 atom stereocenters. The van der Waals surface area contributed by atoms with E-state index < -0.39 is 0 Å². The molecule has 0 saturated heterocycles. The molecule has 0 nitrogen and oxygen atoms in total. The first-order valence-electron chi connectivity index (χ1n) is 2.86. The van der Waals surface area contributed by atoms with E-state index in [1.54, 1.807) is 0 Å². The van der Waals surface area contributed by atoms with Crippen LogP contribution in [0.3, 0.4) is 0 Å². The molecule has 0 aromatic heterocycles. The van der Waals surface area contributed by atoms with E-state index in [0.29, 0.717) is 5.92 Å². The molecule has 0 amide bonds. The lowest BCUT2D eigenvalue weighted by Crippen LogP contribution is -1.94. The average molecular weight is 110 g/mol. The van der Waals surface area contributed by atoms with Gasteiger partial charge in [0.25, 0.3) is 0 Å². The van der Waals surface area contributed by atoms with Gasteiger partial charge >= 0.3 is 0 Å². The molecule has 0 aromatic carbocycles. The van der Waals surface area contributed by atoms with E-state index in [1.807, 2.05) is 13.8 Å². The van der Waals surface area contributed by atoms with Crippen LogP contribution in [0.4, 0.5) is 0 Å². The van der Waals surface area contributed by atoms with Crippen molar-refractivity contribution in [1.82, 2.24) is 0 Å². The summed E-state index contributed by atoms with van der Waals surface area (Å²) in [6.07, 6.45) is 0. The van der Waals surface area contributed by atoms with E-state index in [0.717, 1.165) is 0 Å². The van der Waals surface area contributed by atoms with E-state index in [9.17, 15) is 0 Å². The smallest absolute Gasteiger partial charge is 0.00324 e. The maximum Gasteiger partial charge on any atom is -0.00324 e. The Labute approximate surface area is 51.9 Å². The first kappa shape index (κ1) is 7.48. The van der Waals surface area contributed by atoms with Crippen molar-refractivity contribution in [3.8, 4) is 0 Å². The summed E-state index contributed by atoms with van der Waals surface area (Å²) in [5.74, 6) is 0.481. The topological polar surface area (TPSA) is 0 Å². The molecule has 0 spiro atoms. The largest absolute Gasteiger partial charge is 0.0995 e. The second kappa shape index (κ2) is 2.71. The molecule has 0 unspecified atom stereocenters. The Balaban J connectivity index is 3.83. The molecule has 0 aliphatic heterocycles. The monoisotopic (exact) mass is 110 g/mol. The first-order valence-corrected chi connectivity index (χ1v) is 2.86. The summed E-state index contributed by atoms with van der Waals surface area (Å²) in [5.41, 5.74) is 2.38. The molecule has 0 N–H and O–H groups in total. The first-order chi connectivity index (χ1) is 3.55. The van der Waals surface area contributed by atoms with Crippen molar-refractivity contribution in [1.29, 1.82) is 0 Å². The van der Waals surface area contributed by atoms with Gasteiger partial charge in [-0.05, 0) is 19.8 Å². The summed E-state index contributed by atoms with van der Waals surface area (Å²) < 4.78 is 0. The van der Waals surface area contributed by atoms with Crippen LogP contribution in [0.1, 0.15) is 20.8 Å². The maximum atomic E-state index is 3.82. The molecule has 8 heavy (non-hydrogen) atoms. The molecular formula is C8H14. The minimum Gasteiger partial charge on any atom is -0.0995 e. The van der Waals surface area contributed by atoms with Gasteiger partial charge in [-0.3, -0.25) is 0 Å². The highest BCUT2D eigenvalue weighted by atomic mass is 14.0. The van der Waals surface area contributed by atoms with Crippen molar-refractivity contribution in [2.45, 2.75) is 20.8 Å². The Morgan fingerprint density at radius 2 is 1.38 bits per heavy atom. The van der Waals surface area contributed by atoms with Crippen LogP contribution in [0.2, 0.25) is 0 Å². The normalized spacial score (nSPS) is 9.50. The number of allylic oxidation sites excluding steroid dienone is 2. The van der Waals surface area contributed by atoms with E-state index in [4.69, 9.17) is 0 Å². The zero-order chi connectivity index (χ0) is 6.73. The van der Waals surface area contributed by atoms with E-state index in [1.165, 1.54) is 11.1 Å². The van der Waals surface area contributed by atoms with Crippen LogP contribution in [0.25, 0.3) is 0 Å². The Kier molecular flexibility index (Phi) is 2.53. The summed E-state index contributed by atoms with van der Waals surface area (Å²) in [5, 5.41) is 0. The third kappa shape index (κ3) is 1.97. The van der Waals surface area contributed by atoms with Gasteiger partial charge in [-0.2, -0.15) is 0 Å². The third-order valence-electron chi connectivity index (χ3n) is 1.48. The van der Waals surface area contributed by atoms with Crippen molar-refractivity contribution >= 4 is 0 Å². The lowest BCUT2D eigenvalue weighted by Gasteiger charge is -2.08. The predicted molar refractivity (Wildman–Crippen MR) is 38.8 cm³/mol. The maximum absolute atomic E-state index is 3.82. The van der Waals surface area contributed by atoms with Gasteiger partial charge < -0.3 is 0 Å². The summed E-state index contributed by atoms with van der Waals surface area (Å²) >= 11 is 0. The van der Waals surface area contributed by atoms with Gasteiger partial charge in [0.15, 0.2) is 0 Å². The Bertz CT molecular complexity index is 95.2. The second-order valence-corrected chi connectivity index (χ2v) is 2.41. The fourth-order valence-electron chi connectivity index (χ4n) is 0.421. The van der Waals surface area contributed by atoms with Crippen LogP contribution in [0.15, 0.2) is 24.3 Å². The van der Waals surface area contributed by atoms with Crippen LogP contribution in [0.5, 0.6) is 0 Å². The molecule has 0 radical (unpaired) electrons. The molecular weight excluding hydrogens is 96.1 g/mol. The van der Waals surface area contributed by atoms with Gasteiger partial charge in [-0.1, -0.05) is 31.2 Å². The number of hydrogen-bond donors (Lipinski definition) is 0. The van der Waals surface area contributed by atoms with E-state index >= 15 is 0 Å². The zero-order valence-corrected chi connectivity index (χ0v) is 5.99. The van der Waals surface area contributed by atoms with Crippen LogP contribution in [-0.2, 0) is 0 Å². The van der Waals surface area contributed by atoms with Gasteiger partial charge in [0.1, 0.15) is 0 Å². The Morgan fingerprint density at radius 1 is 1.12 bits per heavy atom. The number of hydrogen-bond acceptors (Lipinski definition) is 0. The molecule has 0 aliphatic carbocycles. The minimum atomic E-state index is 0.481. The quantitative estimate of drug-likeness (QED) is 0.479. The zero-order valence-electron chi connectivity index (χ0n) is 5.99. The lowest BCUT2D eigenvalue weighted by molar-refractivity contribution is 0.808. The van der Waals surface area contributed by atoms with Gasteiger partial charge in [0.05, 0.1) is 0 Å². The van der Waals surface area contributed by atoms with Gasteiger partial charge in [0, 0.05) is 0 Å². The minimum absolute atomic E-state index is 0.481. The SMILES string of the molecule is C=C(C)C(C)C(=C)C. The highest BCUT2D eigenvalue weighted by molar-refractivity contribution is 5.10. The fraction of sp³-hybridized carbons (Fsp3) is 0.500. The van der Waals surface area contributed by atoms with Gasteiger partial charge in [-0.25, -0.2) is 0 Å². The highest BCUT2D eigenvalue weighted by Gasteiger charge is 1.99. The van der Waals surface area contributed by atoms with Crippen molar-refractivity contribution < 1.29 is 0 Å². The lowest BCUT2D eigenvalue weighted by atomic mass is 9.98. The van der Waals surface area contributed by atoms with Gasteiger partial charge in [0.2, 0.25) is 0 Å². The van der Waals surface area contributed by atoms with Crippen molar-refractivity contribution in [3.05, 3.63) is 24.3 Å². The van der Waals surface area contributed by atoms with Crippen molar-refractivity contribution in [2.24, 2.45) is 5.92 Å². The average Bonchev–Trinajstić information content (AvgIpc) is 1.64. The molecule has 0 heteroatoms. The third-order valence-corrected chi connectivity index (χ3v) is 1.48. The molecule has 46 valence electrons. The molecule has 0 fully saturated rings. The molecule has 0 aliphatic rings. The van der Waals surface area contributed by atoms with Crippen LogP contribution < -0.4 is 0 Å². The second-order valence-electron chi connectivity index (χ2n) is 2.41. The predicted octanol–water partition coefficient (Wildman–Crippen LogP) is 2.77. The van der Waals surface area contributed by atoms with Crippen molar-refractivity contribution in [3.63, 3.8) is 0 Å². The van der Waals surface area contributed by atoms with Gasteiger partial charge in [-0.15, -0.1) is 0 Å². The summed E-state index contributed by atoms with van der Waals surface area (Å²) in [6, 6.07) is 0. The van der Waals surface area contributed by atoms with E-state index in [2.05, 4.69) is 20.1 Å². The Morgan fingerprint density at radius 3 is 1.38 bits per heavy atom. The molecule has 0 saturated carbocycles. The van der Waals surface area contributed by atoms with Crippen molar-refractivity contribution in [2.75, 3.05) is 0 Å². The number of rotatable bonds is 2. The molecule has 0 heterocycles. The summed E-state index contributed by atoms with van der Waals surface area (Å²) in [6.45, 7) is 13.8. The molecule has 0 aromatic rings. The fourth-order valence-corrected chi connectivity index (χ4v) is 0.421. The standard InChI is InChI=1S/C8H14/c1-6(2)8(5)7(3)4/h8H,1,3H2,2,4-5H3. The summed E-state index contributed by atoms with van der Waals surface area (Å²) in [4.78, 5) is 0. The van der Waals surface area contributed by atoms with Crippen LogP contribution in [-0.4, -0.2) is 0 Å².